The number of aromatic nitrogens is 2. The van der Waals surface area contributed by atoms with E-state index in [0.717, 1.165) is 61.2 Å². The third kappa shape index (κ3) is 5.26. The molecule has 9 aromatic carbocycles. The summed E-state index contributed by atoms with van der Waals surface area (Å²) in [6.07, 6.45) is 0. The number of benzene rings is 9. The van der Waals surface area contributed by atoms with Gasteiger partial charge in [0.15, 0.2) is 0 Å². The average molecular weight is 719 g/mol. The second-order valence-electron chi connectivity index (χ2n) is 14.0. The predicted molar refractivity (Wildman–Crippen MR) is 237 cm³/mol. The van der Waals surface area contributed by atoms with E-state index in [4.69, 9.17) is 0 Å². The highest BCUT2D eigenvalue weighted by atomic mass is 15.0. The van der Waals surface area contributed by atoms with E-state index in [2.05, 4.69) is 24.3 Å². The van der Waals surface area contributed by atoms with Gasteiger partial charge in [0.2, 0.25) is 0 Å². The molecule has 2 heterocycles. The normalized spacial score (nSPS) is 13.1. The van der Waals surface area contributed by atoms with Gasteiger partial charge in [-0.3, -0.25) is 0 Å². The zero-order chi connectivity index (χ0) is 42.2. The van der Waals surface area contributed by atoms with E-state index in [1.54, 1.807) is 0 Å². The topological polar surface area (TPSA) is 9.86 Å². The second-order valence-corrected chi connectivity index (χ2v) is 14.0. The van der Waals surface area contributed by atoms with Crippen molar-refractivity contribution < 1.29 is 8.22 Å². The minimum Gasteiger partial charge on any atom is -0.309 e. The molecule has 0 spiro atoms. The molecule has 11 aromatic rings. The van der Waals surface area contributed by atoms with E-state index in [1.807, 2.05) is 167 Å². The molecule has 56 heavy (non-hydrogen) atoms. The van der Waals surface area contributed by atoms with Crippen LogP contribution >= 0.6 is 0 Å². The summed E-state index contributed by atoms with van der Waals surface area (Å²) < 4.78 is 62.5. The number of rotatable bonds is 6. The Bertz CT molecular complexity index is 3540. The maximum absolute atomic E-state index is 10.0. The smallest absolute Gasteiger partial charge is 0.0645 e. The summed E-state index contributed by atoms with van der Waals surface area (Å²) in [6, 6.07) is 59.2. The Morgan fingerprint density at radius 2 is 0.732 bits per heavy atom. The lowest BCUT2D eigenvalue weighted by Crippen LogP contribution is -1.95. The molecule has 0 aliphatic carbocycles. The lowest BCUT2D eigenvalue weighted by Gasteiger charge is -2.13. The molecule has 2 aromatic heterocycles. The van der Waals surface area contributed by atoms with E-state index < -0.39 is 0 Å². The van der Waals surface area contributed by atoms with Crippen LogP contribution in [0.5, 0.6) is 0 Å². The Hall–Kier alpha value is -7.42. The lowest BCUT2D eigenvalue weighted by atomic mass is 9.99. The van der Waals surface area contributed by atoms with Crippen molar-refractivity contribution >= 4 is 43.6 Å². The fourth-order valence-electron chi connectivity index (χ4n) is 8.12. The zero-order valence-electron chi connectivity index (χ0n) is 36.2. The monoisotopic (exact) mass is 718 g/mol. The van der Waals surface area contributed by atoms with Crippen molar-refractivity contribution in [2.45, 2.75) is 0 Å². The van der Waals surface area contributed by atoms with Gasteiger partial charge in [0.25, 0.3) is 0 Å². The molecule has 0 unspecified atom stereocenters. The summed E-state index contributed by atoms with van der Waals surface area (Å²) in [5.74, 6) is 0. The molecule has 2 nitrogen and oxygen atoms in total. The van der Waals surface area contributed by atoms with Gasteiger partial charge in [0, 0.05) is 38.5 Å². The maximum Gasteiger partial charge on any atom is 0.0645 e. The van der Waals surface area contributed by atoms with Gasteiger partial charge < -0.3 is 9.13 Å². The molecule has 0 saturated heterocycles. The van der Waals surface area contributed by atoms with Gasteiger partial charge in [-0.05, 0) is 93.4 Å². The highest BCUT2D eigenvalue weighted by molar-refractivity contribution is 6.15. The number of para-hydroxylation sites is 2. The van der Waals surface area contributed by atoms with Gasteiger partial charge in [-0.2, -0.15) is 0 Å². The first-order chi connectivity index (χ1) is 30.3. The van der Waals surface area contributed by atoms with Crippen molar-refractivity contribution in [3.8, 4) is 55.9 Å². The van der Waals surface area contributed by atoms with Crippen LogP contribution in [-0.4, -0.2) is 9.13 Å². The predicted octanol–water partition coefficient (Wildman–Crippen LogP) is 14.5. The SMILES string of the molecule is [2H]c1c(-c2c([2H])c([2H])c3c(c2[2H])c2cccc(-c4ccccc4)c2n3-c2ccc(-c3ccccc3)cc2)c([2H])c2c3ccccc3n(-c3ccc(-c4ccccc4)cc3)c2c1[2H]. The molecule has 0 atom stereocenters. The van der Waals surface area contributed by atoms with E-state index in [0.29, 0.717) is 27.2 Å². The summed E-state index contributed by atoms with van der Waals surface area (Å²) in [5.41, 5.74) is 10.0. The molecule has 0 N–H and O–H groups in total. The quantitative estimate of drug-likeness (QED) is 0.162. The van der Waals surface area contributed by atoms with Crippen molar-refractivity contribution in [2.75, 3.05) is 0 Å². The Kier molecular flexibility index (Phi) is 6.20. The van der Waals surface area contributed by atoms with Crippen LogP contribution < -0.4 is 0 Å². The summed E-state index contributed by atoms with van der Waals surface area (Å²) in [6.45, 7) is 0. The first kappa shape index (κ1) is 26.4. The molecular weight excluding hydrogens is 677 g/mol. The Balaban J connectivity index is 1.18. The van der Waals surface area contributed by atoms with Crippen molar-refractivity contribution in [2.24, 2.45) is 0 Å². The summed E-state index contributed by atoms with van der Waals surface area (Å²) in [5, 5.41) is 2.35. The first-order valence-corrected chi connectivity index (χ1v) is 18.8. The minimum atomic E-state index is -0.269. The van der Waals surface area contributed by atoms with Crippen LogP contribution in [0.25, 0.3) is 99.5 Å². The molecule has 11 rings (SSSR count). The van der Waals surface area contributed by atoms with Gasteiger partial charge in [-0.15, -0.1) is 0 Å². The highest BCUT2D eigenvalue weighted by Gasteiger charge is 2.19. The molecule has 0 bridgehead atoms. The van der Waals surface area contributed by atoms with Crippen molar-refractivity contribution in [3.05, 3.63) is 218 Å². The zero-order valence-corrected chi connectivity index (χ0v) is 30.2. The van der Waals surface area contributed by atoms with Crippen molar-refractivity contribution in [3.63, 3.8) is 0 Å². The van der Waals surface area contributed by atoms with Crippen LogP contribution in [0.2, 0.25) is 0 Å². The number of hydrogen-bond donors (Lipinski definition) is 0. The van der Waals surface area contributed by atoms with Crippen LogP contribution in [0.15, 0.2) is 218 Å². The van der Waals surface area contributed by atoms with Gasteiger partial charge >= 0.3 is 0 Å². The van der Waals surface area contributed by atoms with E-state index in [-0.39, 0.29) is 47.4 Å². The lowest BCUT2D eigenvalue weighted by molar-refractivity contribution is 1.18. The van der Waals surface area contributed by atoms with Gasteiger partial charge in [0.1, 0.15) is 0 Å². The Morgan fingerprint density at radius 1 is 0.286 bits per heavy atom. The Labute approximate surface area is 334 Å². The fourth-order valence-corrected chi connectivity index (χ4v) is 8.12. The largest absolute Gasteiger partial charge is 0.309 e. The van der Waals surface area contributed by atoms with Crippen LogP contribution in [0.4, 0.5) is 0 Å². The van der Waals surface area contributed by atoms with Gasteiger partial charge in [-0.25, -0.2) is 0 Å². The average Bonchev–Trinajstić information content (AvgIpc) is 3.87. The number of hydrogen-bond acceptors (Lipinski definition) is 0. The second kappa shape index (κ2) is 13.2. The summed E-state index contributed by atoms with van der Waals surface area (Å²) in [4.78, 5) is 0. The van der Waals surface area contributed by atoms with Crippen LogP contribution in [0, 0.1) is 0 Å². The molecule has 0 radical (unpaired) electrons. The van der Waals surface area contributed by atoms with Crippen LogP contribution in [0.3, 0.4) is 0 Å². The van der Waals surface area contributed by atoms with Gasteiger partial charge in [-0.1, -0.05) is 164 Å². The van der Waals surface area contributed by atoms with Crippen LogP contribution in [-0.2, 0) is 0 Å². The summed E-state index contributed by atoms with van der Waals surface area (Å²) >= 11 is 0. The molecule has 0 aliphatic rings. The number of nitrogens with zero attached hydrogens (tertiary/aromatic N) is 2. The third-order valence-corrected chi connectivity index (χ3v) is 10.8. The molecule has 0 aliphatic heterocycles. The maximum atomic E-state index is 10.0. The molecule has 2 heteroatoms. The van der Waals surface area contributed by atoms with E-state index >= 15 is 0 Å². The number of fused-ring (bicyclic) bond motifs is 6. The summed E-state index contributed by atoms with van der Waals surface area (Å²) in [7, 11) is 0. The molecule has 0 saturated carbocycles. The van der Waals surface area contributed by atoms with Crippen molar-refractivity contribution in [1.82, 2.24) is 9.13 Å². The third-order valence-electron chi connectivity index (χ3n) is 10.8. The van der Waals surface area contributed by atoms with Crippen LogP contribution in [0.1, 0.15) is 8.22 Å². The van der Waals surface area contributed by atoms with E-state index in [9.17, 15) is 8.22 Å². The molecule has 262 valence electrons. The molecule has 0 amide bonds. The van der Waals surface area contributed by atoms with Crippen molar-refractivity contribution in [1.29, 1.82) is 0 Å². The Morgan fingerprint density at radius 3 is 1.32 bits per heavy atom. The molecular formula is C54H36N2. The fraction of sp³-hybridized carbons (Fsp3) is 0. The van der Waals surface area contributed by atoms with Gasteiger partial charge in [0.05, 0.1) is 30.3 Å². The first-order valence-electron chi connectivity index (χ1n) is 21.8. The van der Waals surface area contributed by atoms with E-state index in [1.165, 1.54) is 0 Å². The highest BCUT2D eigenvalue weighted by Crippen LogP contribution is 2.41. The standard InChI is InChI=1S/C54H36N2/c1-4-13-37(14-5-1)39-23-29-44(30-24-39)55-51-22-11-10-19-47(51)49-35-42(27-33-52(49)55)43-28-34-53-50(36-43)48-21-12-20-46(41-17-8-3-9-18-41)54(48)56(53)45-31-25-40(26-32-45)38-15-6-2-7-16-38/h1-36H/i27D,28D,33D,34D,35D,36D. The molecule has 0 fully saturated rings. The minimum absolute atomic E-state index is 0.000495.